The van der Waals surface area contributed by atoms with Crippen molar-refractivity contribution in [2.24, 2.45) is 0 Å². The number of halogens is 1. The molecular formula is C26H26FN3O2. The molecule has 1 aliphatic heterocycles. The molecule has 0 amide bonds. The minimum atomic E-state index is -0.226. The number of imidazole rings is 1. The van der Waals surface area contributed by atoms with Gasteiger partial charge in [0.1, 0.15) is 17.4 Å². The highest BCUT2D eigenvalue weighted by atomic mass is 19.1. The van der Waals surface area contributed by atoms with Gasteiger partial charge in [0.2, 0.25) is 0 Å². The highest BCUT2D eigenvalue weighted by Gasteiger charge is 2.22. The van der Waals surface area contributed by atoms with Gasteiger partial charge in [-0.05, 0) is 60.5 Å². The molecule has 0 unspecified atom stereocenters. The van der Waals surface area contributed by atoms with E-state index in [4.69, 9.17) is 14.5 Å². The zero-order chi connectivity index (χ0) is 22.3. The molecule has 164 valence electrons. The second kappa shape index (κ2) is 10.2. The van der Waals surface area contributed by atoms with Crippen LogP contribution < -0.4 is 4.74 Å². The van der Waals surface area contributed by atoms with E-state index in [0.29, 0.717) is 6.61 Å². The van der Waals surface area contributed by atoms with Gasteiger partial charge >= 0.3 is 0 Å². The molecule has 0 aliphatic carbocycles. The lowest BCUT2D eigenvalue weighted by Crippen LogP contribution is -1.96. The number of methoxy groups -OCH3 is 2. The fourth-order valence-electron chi connectivity index (χ4n) is 3.83. The van der Waals surface area contributed by atoms with E-state index in [2.05, 4.69) is 9.55 Å². The Balaban J connectivity index is 0.000000189. The normalized spacial score (nSPS) is 12.1. The van der Waals surface area contributed by atoms with E-state index in [1.165, 1.54) is 12.1 Å². The van der Waals surface area contributed by atoms with Crippen molar-refractivity contribution in [3.05, 3.63) is 90.3 Å². The maximum absolute atomic E-state index is 13.2. The molecule has 5 nitrogen and oxygen atoms in total. The lowest BCUT2D eigenvalue weighted by molar-refractivity contribution is 0.185. The van der Waals surface area contributed by atoms with Crippen LogP contribution in [0.4, 0.5) is 4.39 Å². The van der Waals surface area contributed by atoms with Crippen LogP contribution in [0, 0.1) is 5.82 Å². The molecule has 32 heavy (non-hydrogen) atoms. The average molecular weight is 432 g/mol. The molecule has 2 aromatic heterocycles. The minimum absolute atomic E-state index is 0.226. The zero-order valence-electron chi connectivity index (χ0n) is 18.3. The number of aryl methyl sites for hydroxylation is 1. The summed E-state index contributed by atoms with van der Waals surface area (Å²) in [5.41, 5.74) is 5.25. The van der Waals surface area contributed by atoms with Gasteiger partial charge in [0, 0.05) is 43.6 Å². The van der Waals surface area contributed by atoms with Crippen LogP contribution in [0.15, 0.2) is 73.1 Å². The molecule has 2 aromatic carbocycles. The number of hydrogen-bond acceptors (Lipinski definition) is 4. The monoisotopic (exact) mass is 431 g/mol. The molecule has 6 heteroatoms. The quantitative estimate of drug-likeness (QED) is 0.416. The van der Waals surface area contributed by atoms with E-state index >= 15 is 0 Å². The van der Waals surface area contributed by atoms with Crippen LogP contribution in [-0.4, -0.2) is 28.8 Å². The van der Waals surface area contributed by atoms with Crippen molar-refractivity contribution in [2.45, 2.75) is 26.0 Å². The summed E-state index contributed by atoms with van der Waals surface area (Å²) in [6.45, 7) is 1.64. The SMILES string of the molecule is COCc1ccc(OC)cc1.Fc1ccc(-c2nc3n(c2-c2ccncc2)CCC3)cc1. The predicted molar refractivity (Wildman–Crippen MR) is 123 cm³/mol. The Hall–Kier alpha value is -3.51. The van der Waals surface area contributed by atoms with Gasteiger partial charge in [0.05, 0.1) is 25.1 Å². The Labute approximate surface area is 187 Å². The molecule has 0 bridgehead atoms. The summed E-state index contributed by atoms with van der Waals surface area (Å²) < 4.78 is 25.4. The van der Waals surface area contributed by atoms with Gasteiger partial charge in [-0.1, -0.05) is 12.1 Å². The molecule has 1 aliphatic rings. The van der Waals surface area contributed by atoms with Crippen LogP contribution in [-0.2, 0) is 24.3 Å². The molecule has 0 spiro atoms. The molecule has 0 saturated heterocycles. The summed E-state index contributed by atoms with van der Waals surface area (Å²) >= 11 is 0. The largest absolute Gasteiger partial charge is 0.497 e. The van der Waals surface area contributed by atoms with Crippen LogP contribution in [0.1, 0.15) is 17.8 Å². The van der Waals surface area contributed by atoms with Crippen molar-refractivity contribution < 1.29 is 13.9 Å². The van der Waals surface area contributed by atoms with Crippen molar-refractivity contribution in [2.75, 3.05) is 14.2 Å². The van der Waals surface area contributed by atoms with E-state index in [1.807, 2.05) is 36.4 Å². The molecule has 0 saturated carbocycles. The van der Waals surface area contributed by atoms with Gasteiger partial charge in [-0.3, -0.25) is 4.98 Å². The fourth-order valence-corrected chi connectivity index (χ4v) is 3.83. The molecule has 0 N–H and O–H groups in total. The first kappa shape index (κ1) is 21.7. The van der Waals surface area contributed by atoms with Gasteiger partial charge in [-0.2, -0.15) is 0 Å². The Morgan fingerprint density at radius 3 is 2.28 bits per heavy atom. The lowest BCUT2D eigenvalue weighted by atomic mass is 10.1. The van der Waals surface area contributed by atoms with Crippen molar-refractivity contribution in [3.8, 4) is 28.3 Å². The summed E-state index contributed by atoms with van der Waals surface area (Å²) in [5.74, 6) is 1.77. The number of benzene rings is 2. The number of ether oxygens (including phenoxy) is 2. The first-order chi connectivity index (χ1) is 15.7. The van der Waals surface area contributed by atoms with Gasteiger partial charge in [-0.15, -0.1) is 0 Å². The number of hydrogen-bond donors (Lipinski definition) is 0. The smallest absolute Gasteiger partial charge is 0.123 e. The van der Waals surface area contributed by atoms with Gasteiger partial charge in [0.15, 0.2) is 0 Å². The van der Waals surface area contributed by atoms with E-state index < -0.39 is 0 Å². The molecule has 5 rings (SSSR count). The molecule has 0 atom stereocenters. The molecule has 4 aromatic rings. The Morgan fingerprint density at radius 2 is 1.62 bits per heavy atom. The van der Waals surface area contributed by atoms with Crippen LogP contribution in [0.25, 0.3) is 22.5 Å². The molecule has 0 fully saturated rings. The lowest BCUT2D eigenvalue weighted by Gasteiger charge is -2.08. The number of aromatic nitrogens is 3. The van der Waals surface area contributed by atoms with Crippen LogP contribution in [0.5, 0.6) is 5.75 Å². The Kier molecular flexibility index (Phi) is 6.92. The van der Waals surface area contributed by atoms with E-state index in [9.17, 15) is 4.39 Å². The van der Waals surface area contributed by atoms with Gasteiger partial charge < -0.3 is 14.0 Å². The number of nitrogens with zero attached hydrogens (tertiary/aromatic N) is 3. The second-order valence-corrected chi connectivity index (χ2v) is 7.50. The zero-order valence-corrected chi connectivity index (χ0v) is 18.3. The molecule has 3 heterocycles. The summed E-state index contributed by atoms with van der Waals surface area (Å²) in [7, 11) is 3.34. The fraction of sp³-hybridized carbons (Fsp3) is 0.231. The van der Waals surface area contributed by atoms with E-state index in [-0.39, 0.29) is 5.82 Å². The minimum Gasteiger partial charge on any atom is -0.497 e. The van der Waals surface area contributed by atoms with Crippen LogP contribution >= 0.6 is 0 Å². The van der Waals surface area contributed by atoms with Crippen molar-refractivity contribution in [1.82, 2.24) is 14.5 Å². The predicted octanol–water partition coefficient (Wildman–Crippen LogP) is 5.54. The third-order valence-electron chi connectivity index (χ3n) is 5.37. The summed E-state index contributed by atoms with van der Waals surface area (Å²) in [4.78, 5) is 8.87. The summed E-state index contributed by atoms with van der Waals surface area (Å²) in [6.07, 6.45) is 5.71. The van der Waals surface area contributed by atoms with E-state index in [1.54, 1.807) is 38.7 Å². The van der Waals surface area contributed by atoms with Crippen LogP contribution in [0.3, 0.4) is 0 Å². The van der Waals surface area contributed by atoms with Crippen molar-refractivity contribution in [3.63, 3.8) is 0 Å². The average Bonchev–Trinajstić information content (AvgIpc) is 3.43. The standard InChI is InChI=1S/C17H14FN3.C9H12O2/c18-14-5-3-12(4-6-14)16-17(13-7-9-19-10-8-13)21-11-1-2-15(21)20-16;1-10-7-8-3-5-9(11-2)6-4-8/h3-10H,1-2,11H2;3-6H,7H2,1-2H3. The highest BCUT2D eigenvalue weighted by Crippen LogP contribution is 2.35. The van der Waals surface area contributed by atoms with Crippen molar-refractivity contribution >= 4 is 0 Å². The third-order valence-corrected chi connectivity index (χ3v) is 5.37. The maximum atomic E-state index is 13.2. The molecule has 0 radical (unpaired) electrons. The number of pyridine rings is 1. The summed E-state index contributed by atoms with van der Waals surface area (Å²) in [6, 6.07) is 18.4. The Bertz CT molecular complexity index is 1140. The number of rotatable bonds is 5. The second-order valence-electron chi connectivity index (χ2n) is 7.50. The first-order valence-electron chi connectivity index (χ1n) is 10.6. The van der Waals surface area contributed by atoms with Gasteiger partial charge in [-0.25, -0.2) is 9.37 Å². The van der Waals surface area contributed by atoms with E-state index in [0.717, 1.165) is 59.0 Å². The first-order valence-corrected chi connectivity index (χ1v) is 10.6. The molecular weight excluding hydrogens is 405 g/mol. The van der Waals surface area contributed by atoms with Gasteiger partial charge in [0.25, 0.3) is 0 Å². The number of fused-ring (bicyclic) bond motifs is 1. The summed E-state index contributed by atoms with van der Waals surface area (Å²) in [5, 5.41) is 0. The van der Waals surface area contributed by atoms with Crippen molar-refractivity contribution in [1.29, 1.82) is 0 Å². The van der Waals surface area contributed by atoms with Crippen LogP contribution in [0.2, 0.25) is 0 Å². The maximum Gasteiger partial charge on any atom is 0.123 e. The third kappa shape index (κ3) is 4.86. The topological polar surface area (TPSA) is 49.2 Å². The highest BCUT2D eigenvalue weighted by molar-refractivity contribution is 5.79. The Morgan fingerprint density at radius 1 is 0.906 bits per heavy atom.